The summed E-state index contributed by atoms with van der Waals surface area (Å²) in [5, 5.41) is 5.46. The number of rotatable bonds is 3. The minimum Gasteiger partial charge on any atom is -0.465 e. The monoisotopic (exact) mass is 256 g/mol. The van der Waals surface area contributed by atoms with Crippen LogP contribution in [-0.4, -0.2) is 6.03 Å². The van der Waals surface area contributed by atoms with Gasteiger partial charge in [0.25, 0.3) is 0 Å². The third kappa shape index (κ3) is 3.48. The van der Waals surface area contributed by atoms with E-state index in [0.717, 1.165) is 16.8 Å². The van der Waals surface area contributed by atoms with E-state index in [2.05, 4.69) is 10.6 Å². The average molecular weight is 256 g/mol. The van der Waals surface area contributed by atoms with Crippen molar-refractivity contribution >= 4 is 17.8 Å². The van der Waals surface area contributed by atoms with Gasteiger partial charge >= 0.3 is 6.03 Å². The number of carbonyl (C=O) groups excluding carboxylic acids is 1. The minimum absolute atomic E-state index is 0.278. The minimum atomic E-state index is -0.278. The summed E-state index contributed by atoms with van der Waals surface area (Å²) in [6.07, 6.45) is 4.81. The van der Waals surface area contributed by atoms with Gasteiger partial charge in [0.05, 0.1) is 6.26 Å². The summed E-state index contributed by atoms with van der Waals surface area (Å²) in [6.45, 7) is 3.92. The second-order valence-electron chi connectivity index (χ2n) is 4.21. The highest BCUT2D eigenvalue weighted by molar-refractivity contribution is 5.91. The lowest BCUT2D eigenvalue weighted by atomic mass is 10.1. The van der Waals surface area contributed by atoms with Crippen LogP contribution in [0.4, 0.5) is 10.5 Å². The zero-order valence-corrected chi connectivity index (χ0v) is 10.9. The van der Waals surface area contributed by atoms with Crippen LogP contribution >= 0.6 is 0 Å². The second kappa shape index (κ2) is 5.91. The molecule has 0 radical (unpaired) electrons. The molecule has 4 nitrogen and oxygen atoms in total. The molecule has 0 aliphatic rings. The molecule has 1 heterocycles. The Hall–Kier alpha value is -2.49. The molecule has 19 heavy (non-hydrogen) atoms. The Bertz CT molecular complexity index is 566. The van der Waals surface area contributed by atoms with Crippen LogP contribution in [0.2, 0.25) is 0 Å². The van der Waals surface area contributed by atoms with E-state index < -0.39 is 0 Å². The van der Waals surface area contributed by atoms with E-state index in [4.69, 9.17) is 4.42 Å². The first-order valence-corrected chi connectivity index (χ1v) is 6.00. The largest absolute Gasteiger partial charge is 0.465 e. The summed E-state index contributed by atoms with van der Waals surface area (Å²) < 4.78 is 5.11. The number of aryl methyl sites for hydroxylation is 2. The third-order valence-electron chi connectivity index (χ3n) is 2.72. The van der Waals surface area contributed by atoms with Crippen molar-refractivity contribution in [3.63, 3.8) is 0 Å². The van der Waals surface area contributed by atoms with Crippen molar-refractivity contribution in [3.05, 3.63) is 59.7 Å². The normalized spacial score (nSPS) is 10.6. The lowest BCUT2D eigenvalue weighted by Gasteiger charge is -2.10. The number of hydrogen-bond acceptors (Lipinski definition) is 2. The van der Waals surface area contributed by atoms with Crippen molar-refractivity contribution in [3.8, 4) is 0 Å². The summed E-state index contributed by atoms with van der Waals surface area (Å²) in [7, 11) is 0. The molecule has 0 fully saturated rings. The first kappa shape index (κ1) is 13.0. The van der Waals surface area contributed by atoms with Gasteiger partial charge in [-0.15, -0.1) is 0 Å². The SMILES string of the molecule is Cc1cccc(C)c1NC(=O)N/C=C/c1ccco1. The molecule has 0 bridgehead atoms. The zero-order valence-electron chi connectivity index (χ0n) is 10.9. The first-order chi connectivity index (χ1) is 9.16. The number of amides is 2. The number of urea groups is 1. The summed E-state index contributed by atoms with van der Waals surface area (Å²) in [5.74, 6) is 0.687. The van der Waals surface area contributed by atoms with E-state index >= 15 is 0 Å². The van der Waals surface area contributed by atoms with Crippen LogP contribution < -0.4 is 10.6 Å². The zero-order chi connectivity index (χ0) is 13.7. The maximum Gasteiger partial charge on any atom is 0.323 e. The van der Waals surface area contributed by atoms with Gasteiger partial charge in [0, 0.05) is 11.9 Å². The van der Waals surface area contributed by atoms with Crippen molar-refractivity contribution in [2.75, 3.05) is 5.32 Å². The van der Waals surface area contributed by atoms with Crippen molar-refractivity contribution in [1.29, 1.82) is 0 Å². The number of anilines is 1. The Labute approximate surface area is 112 Å². The summed E-state index contributed by atoms with van der Waals surface area (Å²) in [5.41, 5.74) is 2.90. The first-order valence-electron chi connectivity index (χ1n) is 6.00. The fraction of sp³-hybridized carbons (Fsp3) is 0.133. The predicted octanol–water partition coefficient (Wildman–Crippen LogP) is 3.69. The van der Waals surface area contributed by atoms with E-state index in [0.29, 0.717) is 5.76 Å². The van der Waals surface area contributed by atoms with Crippen LogP contribution in [0.1, 0.15) is 16.9 Å². The number of furan rings is 1. The molecule has 2 amide bonds. The maximum absolute atomic E-state index is 11.7. The molecule has 0 spiro atoms. The fourth-order valence-electron chi connectivity index (χ4n) is 1.75. The van der Waals surface area contributed by atoms with E-state index in [9.17, 15) is 4.79 Å². The van der Waals surface area contributed by atoms with Crippen LogP contribution in [0.3, 0.4) is 0 Å². The molecule has 2 N–H and O–H groups in total. The molecule has 98 valence electrons. The van der Waals surface area contributed by atoms with Gasteiger partial charge in [-0.25, -0.2) is 4.79 Å². The highest BCUT2D eigenvalue weighted by Gasteiger charge is 2.05. The Balaban J connectivity index is 1.95. The van der Waals surface area contributed by atoms with Crippen LogP contribution in [-0.2, 0) is 0 Å². The number of para-hydroxylation sites is 1. The molecule has 1 aromatic heterocycles. The van der Waals surface area contributed by atoms with Gasteiger partial charge in [-0.1, -0.05) is 18.2 Å². The Morgan fingerprint density at radius 2 is 1.89 bits per heavy atom. The quantitative estimate of drug-likeness (QED) is 0.880. The molecule has 0 atom stereocenters. The number of nitrogens with one attached hydrogen (secondary N) is 2. The molecular formula is C15H16N2O2. The fourth-order valence-corrected chi connectivity index (χ4v) is 1.75. The van der Waals surface area contributed by atoms with Crippen molar-refractivity contribution in [2.45, 2.75) is 13.8 Å². The highest BCUT2D eigenvalue weighted by atomic mass is 16.3. The third-order valence-corrected chi connectivity index (χ3v) is 2.72. The van der Waals surface area contributed by atoms with E-state index in [1.165, 1.54) is 0 Å². The number of benzene rings is 1. The second-order valence-corrected chi connectivity index (χ2v) is 4.21. The van der Waals surface area contributed by atoms with Crippen molar-refractivity contribution < 1.29 is 9.21 Å². The van der Waals surface area contributed by atoms with Crippen LogP contribution in [0.15, 0.2) is 47.2 Å². The molecule has 1 aromatic carbocycles. The molecule has 0 aliphatic carbocycles. The molecule has 0 aliphatic heterocycles. The van der Waals surface area contributed by atoms with E-state index in [-0.39, 0.29) is 6.03 Å². The van der Waals surface area contributed by atoms with Crippen molar-refractivity contribution in [1.82, 2.24) is 5.32 Å². The number of carbonyl (C=O) groups is 1. The van der Waals surface area contributed by atoms with Crippen LogP contribution in [0, 0.1) is 13.8 Å². The molecule has 4 heteroatoms. The summed E-state index contributed by atoms with van der Waals surface area (Å²) in [6, 6.07) is 9.20. The van der Waals surface area contributed by atoms with Gasteiger partial charge in [-0.2, -0.15) is 0 Å². The highest BCUT2D eigenvalue weighted by Crippen LogP contribution is 2.18. The summed E-state index contributed by atoms with van der Waals surface area (Å²) in [4.78, 5) is 11.7. The van der Waals surface area contributed by atoms with Gasteiger partial charge in [0.2, 0.25) is 0 Å². The molecule has 0 saturated carbocycles. The lowest BCUT2D eigenvalue weighted by Crippen LogP contribution is -2.24. The van der Waals surface area contributed by atoms with Gasteiger partial charge in [0.15, 0.2) is 0 Å². The maximum atomic E-state index is 11.7. The topological polar surface area (TPSA) is 54.3 Å². The molecule has 2 rings (SSSR count). The van der Waals surface area contributed by atoms with Crippen LogP contribution in [0.5, 0.6) is 0 Å². The Morgan fingerprint density at radius 3 is 2.53 bits per heavy atom. The standard InChI is InChI=1S/C15H16N2O2/c1-11-5-3-6-12(2)14(11)17-15(18)16-9-8-13-7-4-10-19-13/h3-10H,1-2H3,(H2,16,17,18)/b9-8+. The average Bonchev–Trinajstić information content (AvgIpc) is 2.87. The van der Waals surface area contributed by atoms with E-state index in [1.54, 1.807) is 24.6 Å². The molecule has 0 saturated heterocycles. The predicted molar refractivity (Wildman–Crippen MR) is 75.8 cm³/mol. The Kier molecular flexibility index (Phi) is 4.03. The van der Waals surface area contributed by atoms with Gasteiger partial charge in [-0.3, -0.25) is 0 Å². The van der Waals surface area contributed by atoms with E-state index in [1.807, 2.05) is 38.1 Å². The van der Waals surface area contributed by atoms with Gasteiger partial charge < -0.3 is 15.1 Å². The molecular weight excluding hydrogens is 240 g/mol. The molecule has 0 unspecified atom stereocenters. The Morgan fingerprint density at radius 1 is 1.16 bits per heavy atom. The summed E-state index contributed by atoms with van der Waals surface area (Å²) >= 11 is 0. The lowest BCUT2D eigenvalue weighted by molar-refractivity contribution is 0.255. The van der Waals surface area contributed by atoms with Crippen molar-refractivity contribution in [2.24, 2.45) is 0 Å². The molecule has 2 aromatic rings. The van der Waals surface area contributed by atoms with Crippen LogP contribution in [0.25, 0.3) is 6.08 Å². The smallest absolute Gasteiger partial charge is 0.323 e. The van der Waals surface area contributed by atoms with Gasteiger partial charge in [-0.05, 0) is 43.2 Å². The number of hydrogen-bond donors (Lipinski definition) is 2. The van der Waals surface area contributed by atoms with Gasteiger partial charge in [0.1, 0.15) is 5.76 Å².